The van der Waals surface area contributed by atoms with Gasteiger partial charge in [-0.1, -0.05) is 6.92 Å². The molecule has 2 aromatic rings. The highest BCUT2D eigenvalue weighted by Crippen LogP contribution is 2.45. The van der Waals surface area contributed by atoms with Crippen molar-refractivity contribution >= 4 is 23.3 Å². The second kappa shape index (κ2) is 7.85. The number of non-ortho nitro benzene ring substituents is 1. The zero-order chi connectivity index (χ0) is 21.3. The highest BCUT2D eigenvalue weighted by Gasteiger charge is 2.36. The number of nitro benzene ring substituents is 1. The van der Waals surface area contributed by atoms with E-state index in [2.05, 4.69) is 49.7 Å². The van der Waals surface area contributed by atoms with Gasteiger partial charge in [-0.3, -0.25) is 15.1 Å². The topological polar surface area (TPSA) is 68.0 Å². The normalized spacial score (nSPS) is 18.0. The van der Waals surface area contributed by atoms with Gasteiger partial charge in [0.15, 0.2) is 0 Å². The molecule has 1 aliphatic rings. The zero-order valence-electron chi connectivity index (χ0n) is 18.0. The van der Waals surface area contributed by atoms with Crippen LogP contribution in [-0.4, -0.2) is 30.3 Å². The quantitative estimate of drug-likeness (QED) is 0.366. The van der Waals surface area contributed by atoms with Crippen LogP contribution in [-0.2, 0) is 0 Å². The molecule has 0 N–H and O–H groups in total. The van der Waals surface area contributed by atoms with Crippen LogP contribution in [0.4, 0.5) is 17.1 Å². The van der Waals surface area contributed by atoms with Crippen LogP contribution >= 0.6 is 0 Å². The van der Waals surface area contributed by atoms with Crippen LogP contribution in [0.15, 0.2) is 35.3 Å². The van der Waals surface area contributed by atoms with Crippen molar-refractivity contribution in [1.29, 1.82) is 0 Å². The molecule has 0 aliphatic carbocycles. The van der Waals surface area contributed by atoms with Crippen LogP contribution in [0, 0.1) is 17.0 Å². The van der Waals surface area contributed by atoms with Crippen LogP contribution in [0.3, 0.4) is 0 Å². The van der Waals surface area contributed by atoms with E-state index in [9.17, 15) is 10.1 Å². The summed E-state index contributed by atoms with van der Waals surface area (Å²) in [5, 5.41) is 10.9. The number of benzene rings is 2. The van der Waals surface area contributed by atoms with Crippen molar-refractivity contribution in [2.24, 2.45) is 4.99 Å². The van der Waals surface area contributed by atoms with E-state index in [-0.39, 0.29) is 11.2 Å². The molecule has 0 spiro atoms. The number of methoxy groups -OCH3 is 1. The number of aryl methyl sites for hydroxylation is 1. The molecule has 0 saturated heterocycles. The summed E-state index contributed by atoms with van der Waals surface area (Å²) < 4.78 is 5.67. The molecular weight excluding hydrogens is 366 g/mol. The van der Waals surface area contributed by atoms with E-state index < -0.39 is 4.92 Å². The first-order valence-electron chi connectivity index (χ1n) is 9.96. The van der Waals surface area contributed by atoms with Crippen molar-refractivity contribution in [3.05, 3.63) is 57.1 Å². The first-order chi connectivity index (χ1) is 13.7. The Kier molecular flexibility index (Phi) is 5.64. The Morgan fingerprint density at radius 1 is 1.34 bits per heavy atom. The maximum Gasteiger partial charge on any atom is 0.269 e. The summed E-state index contributed by atoms with van der Waals surface area (Å²) in [5.41, 5.74) is 5.07. The Balaban J connectivity index is 2.02. The molecule has 29 heavy (non-hydrogen) atoms. The number of fused-ring (bicyclic) bond motifs is 1. The smallest absolute Gasteiger partial charge is 0.269 e. The molecule has 1 atom stereocenters. The van der Waals surface area contributed by atoms with Gasteiger partial charge in [0.05, 0.1) is 17.7 Å². The van der Waals surface area contributed by atoms with Crippen LogP contribution in [0.25, 0.3) is 0 Å². The molecule has 0 amide bonds. The third kappa shape index (κ3) is 3.97. The summed E-state index contributed by atoms with van der Waals surface area (Å²) in [6.45, 7) is 11.8. The van der Waals surface area contributed by atoms with Crippen LogP contribution in [0.5, 0.6) is 5.75 Å². The molecule has 0 bridgehead atoms. The lowest BCUT2D eigenvalue weighted by molar-refractivity contribution is -0.384. The fraction of sp³-hybridized carbons (Fsp3) is 0.435. The first-order valence-corrected chi connectivity index (χ1v) is 9.96. The lowest BCUT2D eigenvalue weighted by Crippen LogP contribution is -2.48. The number of nitro groups is 1. The lowest BCUT2D eigenvalue weighted by Gasteiger charge is -2.47. The molecule has 1 unspecified atom stereocenters. The monoisotopic (exact) mass is 395 g/mol. The van der Waals surface area contributed by atoms with Gasteiger partial charge in [0.1, 0.15) is 5.75 Å². The average molecular weight is 396 g/mol. The molecule has 3 rings (SSSR count). The Labute approximate surface area is 172 Å². The predicted octanol–water partition coefficient (Wildman–Crippen LogP) is 5.77. The molecule has 0 fully saturated rings. The average Bonchev–Trinajstić information content (AvgIpc) is 2.66. The van der Waals surface area contributed by atoms with E-state index in [1.807, 2.05) is 6.92 Å². The molecule has 0 aromatic heterocycles. The minimum absolute atomic E-state index is 0.0731. The van der Waals surface area contributed by atoms with Crippen molar-refractivity contribution in [3.63, 3.8) is 0 Å². The molecule has 0 radical (unpaired) electrons. The summed E-state index contributed by atoms with van der Waals surface area (Å²) in [7, 11) is 1.67. The third-order valence-corrected chi connectivity index (χ3v) is 5.79. The van der Waals surface area contributed by atoms with Gasteiger partial charge in [-0.05, 0) is 63.3 Å². The van der Waals surface area contributed by atoms with Crippen LogP contribution in [0.2, 0.25) is 0 Å². The predicted molar refractivity (Wildman–Crippen MR) is 118 cm³/mol. The third-order valence-electron chi connectivity index (χ3n) is 5.79. The highest BCUT2D eigenvalue weighted by atomic mass is 16.6. The Morgan fingerprint density at radius 3 is 2.66 bits per heavy atom. The van der Waals surface area contributed by atoms with Gasteiger partial charge in [-0.15, -0.1) is 0 Å². The van der Waals surface area contributed by atoms with Gasteiger partial charge in [0.2, 0.25) is 0 Å². The summed E-state index contributed by atoms with van der Waals surface area (Å²) >= 11 is 0. The zero-order valence-corrected chi connectivity index (χ0v) is 18.0. The van der Waals surface area contributed by atoms with E-state index in [0.717, 1.165) is 29.8 Å². The Hall–Kier alpha value is -2.89. The SMILES string of the molecule is CCN1c2cc(OC)c(C=Nc3ccc([N+](=O)[O-])cc3C)cc2C(C)CC1(C)C. The summed E-state index contributed by atoms with van der Waals surface area (Å²) in [5.74, 6) is 1.21. The van der Waals surface area contributed by atoms with E-state index >= 15 is 0 Å². The number of anilines is 1. The maximum absolute atomic E-state index is 10.9. The fourth-order valence-corrected chi connectivity index (χ4v) is 4.44. The number of rotatable bonds is 5. The van der Waals surface area contributed by atoms with Crippen molar-refractivity contribution in [1.82, 2.24) is 0 Å². The standard InChI is InChI=1S/C23H29N3O3/c1-7-25-21-12-22(29-6)17(11-19(21)16(3)13-23(25,4)5)14-24-20-9-8-18(26(27)28)10-15(20)2/h8-12,14,16H,7,13H2,1-6H3. The summed E-state index contributed by atoms with van der Waals surface area (Å²) in [6.07, 6.45) is 2.87. The molecule has 2 aromatic carbocycles. The van der Waals surface area contributed by atoms with Gasteiger partial charge in [-0.2, -0.15) is 0 Å². The number of hydrogen-bond acceptors (Lipinski definition) is 5. The Morgan fingerprint density at radius 2 is 2.07 bits per heavy atom. The molecular formula is C23H29N3O3. The van der Waals surface area contributed by atoms with Crippen molar-refractivity contribution in [3.8, 4) is 5.75 Å². The van der Waals surface area contributed by atoms with Gasteiger partial charge in [0, 0.05) is 47.7 Å². The first kappa shape index (κ1) is 20.8. The van der Waals surface area contributed by atoms with Crippen molar-refractivity contribution in [2.45, 2.75) is 52.5 Å². The maximum atomic E-state index is 10.9. The Bertz CT molecular complexity index is 966. The number of aliphatic imine (C=N–C) groups is 1. The second-order valence-electron chi connectivity index (χ2n) is 8.30. The van der Waals surface area contributed by atoms with E-state index in [1.54, 1.807) is 25.5 Å². The van der Waals surface area contributed by atoms with Gasteiger partial charge in [-0.25, -0.2) is 0 Å². The summed E-state index contributed by atoms with van der Waals surface area (Å²) in [6, 6.07) is 8.98. The van der Waals surface area contributed by atoms with Gasteiger partial charge < -0.3 is 9.64 Å². The molecule has 6 nitrogen and oxygen atoms in total. The van der Waals surface area contributed by atoms with E-state index in [1.165, 1.54) is 17.3 Å². The van der Waals surface area contributed by atoms with Gasteiger partial charge in [0.25, 0.3) is 5.69 Å². The van der Waals surface area contributed by atoms with Gasteiger partial charge >= 0.3 is 0 Å². The molecule has 6 heteroatoms. The highest BCUT2D eigenvalue weighted by molar-refractivity contribution is 5.88. The number of ether oxygens (including phenoxy) is 1. The molecule has 1 aliphatic heterocycles. The molecule has 154 valence electrons. The summed E-state index contributed by atoms with van der Waals surface area (Å²) in [4.78, 5) is 17.6. The largest absolute Gasteiger partial charge is 0.496 e. The fourth-order valence-electron chi connectivity index (χ4n) is 4.44. The molecule has 0 saturated carbocycles. The van der Waals surface area contributed by atoms with Crippen LogP contribution < -0.4 is 9.64 Å². The van der Waals surface area contributed by atoms with Crippen molar-refractivity contribution in [2.75, 3.05) is 18.6 Å². The molecule has 1 heterocycles. The van der Waals surface area contributed by atoms with Crippen molar-refractivity contribution < 1.29 is 9.66 Å². The van der Waals surface area contributed by atoms with Crippen LogP contribution in [0.1, 0.15) is 56.7 Å². The minimum Gasteiger partial charge on any atom is -0.496 e. The number of hydrogen-bond donors (Lipinski definition) is 0. The second-order valence-corrected chi connectivity index (χ2v) is 8.30. The van der Waals surface area contributed by atoms with E-state index in [4.69, 9.17) is 4.74 Å². The lowest BCUT2D eigenvalue weighted by atomic mass is 9.79. The number of nitrogens with zero attached hydrogens (tertiary/aromatic N) is 3. The minimum atomic E-state index is -0.393. The van der Waals surface area contributed by atoms with E-state index in [0.29, 0.717) is 11.6 Å².